The van der Waals surface area contributed by atoms with Gasteiger partial charge in [0.15, 0.2) is 5.16 Å². The molecule has 1 fully saturated rings. The zero-order valence-corrected chi connectivity index (χ0v) is 15.0. The summed E-state index contributed by atoms with van der Waals surface area (Å²) < 4.78 is 0. The van der Waals surface area contributed by atoms with Crippen LogP contribution in [0.15, 0.2) is 16.0 Å². The SMILES string of the molecule is CCCc1cc(=O)[nH]c(SCC(=O)N[C@@H]2CCC[C@H](C)[C@@H]2C)n1. The number of H-pyrrole nitrogens is 1. The number of nitrogens with zero attached hydrogens (tertiary/aromatic N) is 1. The Morgan fingerprint density at radius 1 is 1.43 bits per heavy atom. The Kier molecular flexibility index (Phi) is 6.69. The molecule has 1 aliphatic carbocycles. The van der Waals surface area contributed by atoms with Crippen LogP contribution in [0.25, 0.3) is 0 Å². The number of carbonyl (C=O) groups is 1. The molecular weight excluding hydrogens is 310 g/mol. The van der Waals surface area contributed by atoms with Crippen LogP contribution in [0.4, 0.5) is 0 Å². The Morgan fingerprint density at radius 3 is 2.96 bits per heavy atom. The average Bonchev–Trinajstić information content (AvgIpc) is 2.50. The highest BCUT2D eigenvalue weighted by molar-refractivity contribution is 7.99. The van der Waals surface area contributed by atoms with E-state index in [4.69, 9.17) is 0 Å². The summed E-state index contributed by atoms with van der Waals surface area (Å²) in [7, 11) is 0. The number of nitrogens with one attached hydrogen (secondary N) is 2. The minimum absolute atomic E-state index is 0.0180. The van der Waals surface area contributed by atoms with E-state index in [9.17, 15) is 9.59 Å². The van der Waals surface area contributed by atoms with E-state index < -0.39 is 0 Å². The summed E-state index contributed by atoms with van der Waals surface area (Å²) in [6.45, 7) is 6.52. The van der Waals surface area contributed by atoms with Crippen LogP contribution < -0.4 is 10.9 Å². The molecule has 2 rings (SSSR count). The van der Waals surface area contributed by atoms with E-state index >= 15 is 0 Å². The molecule has 0 spiro atoms. The maximum absolute atomic E-state index is 12.2. The van der Waals surface area contributed by atoms with Crippen molar-refractivity contribution in [2.45, 2.75) is 64.1 Å². The van der Waals surface area contributed by atoms with E-state index in [0.29, 0.717) is 17.0 Å². The fourth-order valence-electron chi connectivity index (χ4n) is 3.10. The van der Waals surface area contributed by atoms with Crippen LogP contribution in [-0.4, -0.2) is 27.7 Å². The molecule has 1 saturated carbocycles. The van der Waals surface area contributed by atoms with Gasteiger partial charge in [0.25, 0.3) is 5.56 Å². The maximum atomic E-state index is 12.2. The molecule has 5 nitrogen and oxygen atoms in total. The summed E-state index contributed by atoms with van der Waals surface area (Å²) in [5.41, 5.74) is 0.634. The molecule has 23 heavy (non-hydrogen) atoms. The highest BCUT2D eigenvalue weighted by Crippen LogP contribution is 2.29. The Hall–Kier alpha value is -1.30. The molecule has 128 valence electrons. The van der Waals surface area contributed by atoms with Crippen LogP contribution in [0.3, 0.4) is 0 Å². The number of amides is 1. The minimum atomic E-state index is -0.152. The molecule has 0 radical (unpaired) electrons. The number of aromatic amines is 1. The molecule has 3 atom stereocenters. The number of hydrogen-bond donors (Lipinski definition) is 2. The molecule has 0 aliphatic heterocycles. The summed E-state index contributed by atoms with van der Waals surface area (Å²) in [5.74, 6) is 1.48. The molecule has 1 amide bonds. The first-order valence-electron chi connectivity index (χ1n) is 8.52. The third kappa shape index (κ3) is 5.37. The van der Waals surface area contributed by atoms with Crippen LogP contribution >= 0.6 is 11.8 Å². The van der Waals surface area contributed by atoms with Gasteiger partial charge in [-0.1, -0.05) is 51.8 Å². The van der Waals surface area contributed by atoms with Crippen molar-refractivity contribution in [1.82, 2.24) is 15.3 Å². The van der Waals surface area contributed by atoms with Gasteiger partial charge < -0.3 is 10.3 Å². The maximum Gasteiger partial charge on any atom is 0.251 e. The number of carbonyl (C=O) groups excluding carboxylic acids is 1. The van der Waals surface area contributed by atoms with Crippen LogP contribution in [-0.2, 0) is 11.2 Å². The van der Waals surface area contributed by atoms with E-state index in [0.717, 1.165) is 25.0 Å². The lowest BCUT2D eigenvalue weighted by Gasteiger charge is -2.34. The van der Waals surface area contributed by atoms with Crippen molar-refractivity contribution in [3.63, 3.8) is 0 Å². The highest BCUT2D eigenvalue weighted by atomic mass is 32.2. The smallest absolute Gasteiger partial charge is 0.251 e. The Balaban J connectivity index is 1.88. The molecule has 6 heteroatoms. The van der Waals surface area contributed by atoms with Gasteiger partial charge in [0.05, 0.1) is 5.75 Å². The van der Waals surface area contributed by atoms with E-state index in [1.54, 1.807) is 0 Å². The minimum Gasteiger partial charge on any atom is -0.352 e. The molecule has 0 saturated heterocycles. The number of hydrogen-bond acceptors (Lipinski definition) is 4. The van der Waals surface area contributed by atoms with Gasteiger partial charge in [-0.25, -0.2) is 4.98 Å². The molecule has 1 aliphatic rings. The molecule has 1 aromatic rings. The third-order valence-electron chi connectivity index (χ3n) is 4.67. The Morgan fingerprint density at radius 2 is 2.22 bits per heavy atom. The molecule has 1 aromatic heterocycles. The fourth-order valence-corrected chi connectivity index (χ4v) is 3.81. The van der Waals surface area contributed by atoms with Crippen LogP contribution in [0, 0.1) is 11.8 Å². The lowest BCUT2D eigenvalue weighted by Crippen LogP contribution is -2.44. The molecule has 2 N–H and O–H groups in total. The fraction of sp³-hybridized carbons (Fsp3) is 0.706. The first-order chi connectivity index (χ1) is 11.0. The molecule has 1 heterocycles. The number of aromatic nitrogens is 2. The summed E-state index contributed by atoms with van der Waals surface area (Å²) in [4.78, 5) is 30.9. The quantitative estimate of drug-likeness (QED) is 0.618. The highest BCUT2D eigenvalue weighted by Gasteiger charge is 2.28. The van der Waals surface area contributed by atoms with Crippen LogP contribution in [0.5, 0.6) is 0 Å². The summed E-state index contributed by atoms with van der Waals surface area (Å²) in [5, 5.41) is 3.67. The largest absolute Gasteiger partial charge is 0.352 e. The standard InChI is InChI=1S/C17H27N3O2S/c1-4-6-13-9-15(21)20-17(18-13)23-10-16(22)19-14-8-5-7-11(2)12(14)3/h9,11-12,14H,4-8,10H2,1-3H3,(H,19,22)(H,18,20,21)/t11-,12-,14+/m0/s1. The first-order valence-corrected chi connectivity index (χ1v) is 9.50. The van der Waals surface area contributed by atoms with E-state index in [1.807, 2.05) is 0 Å². The van der Waals surface area contributed by atoms with Crippen molar-refractivity contribution < 1.29 is 4.79 Å². The molecule has 0 bridgehead atoms. The lowest BCUT2D eigenvalue weighted by molar-refractivity contribution is -0.120. The van der Waals surface area contributed by atoms with Gasteiger partial charge in [-0.15, -0.1) is 0 Å². The van der Waals surface area contributed by atoms with Gasteiger partial charge in [0, 0.05) is 17.8 Å². The topological polar surface area (TPSA) is 74.8 Å². The Labute approximate surface area is 142 Å². The second kappa shape index (κ2) is 8.52. The van der Waals surface area contributed by atoms with Crippen LogP contribution in [0.2, 0.25) is 0 Å². The van der Waals surface area contributed by atoms with Crippen molar-refractivity contribution >= 4 is 17.7 Å². The zero-order chi connectivity index (χ0) is 16.8. The molecular formula is C17H27N3O2S. The van der Waals surface area contributed by atoms with Gasteiger partial charge in [-0.3, -0.25) is 9.59 Å². The zero-order valence-electron chi connectivity index (χ0n) is 14.2. The van der Waals surface area contributed by atoms with Gasteiger partial charge in [-0.2, -0.15) is 0 Å². The van der Waals surface area contributed by atoms with Crippen LogP contribution in [0.1, 0.15) is 52.1 Å². The molecule has 0 unspecified atom stereocenters. The average molecular weight is 337 g/mol. The Bertz CT molecular complexity index is 587. The number of thioether (sulfide) groups is 1. The second-order valence-corrected chi connectivity index (χ2v) is 7.49. The van der Waals surface area contributed by atoms with Gasteiger partial charge in [0.1, 0.15) is 0 Å². The van der Waals surface area contributed by atoms with Crippen molar-refractivity contribution in [3.05, 3.63) is 22.1 Å². The second-order valence-electron chi connectivity index (χ2n) is 6.52. The first kappa shape index (κ1) is 18.0. The van der Waals surface area contributed by atoms with Gasteiger partial charge in [-0.05, 0) is 24.7 Å². The lowest BCUT2D eigenvalue weighted by atomic mass is 9.78. The summed E-state index contributed by atoms with van der Waals surface area (Å²) in [6, 6.07) is 1.80. The summed E-state index contributed by atoms with van der Waals surface area (Å²) >= 11 is 1.29. The van der Waals surface area contributed by atoms with Crippen molar-refractivity contribution in [3.8, 4) is 0 Å². The predicted octanol–water partition coefficient (Wildman–Crippen LogP) is 2.76. The number of rotatable bonds is 6. The number of aryl methyl sites for hydroxylation is 1. The van der Waals surface area contributed by atoms with Crippen molar-refractivity contribution in [2.24, 2.45) is 11.8 Å². The third-order valence-corrected chi connectivity index (χ3v) is 5.55. The van der Waals surface area contributed by atoms with Gasteiger partial charge >= 0.3 is 0 Å². The van der Waals surface area contributed by atoms with E-state index in [-0.39, 0.29) is 23.3 Å². The van der Waals surface area contributed by atoms with Crippen molar-refractivity contribution in [2.75, 3.05) is 5.75 Å². The summed E-state index contributed by atoms with van der Waals surface area (Å²) in [6.07, 6.45) is 5.21. The monoisotopic (exact) mass is 337 g/mol. The van der Waals surface area contributed by atoms with E-state index in [2.05, 4.69) is 36.1 Å². The predicted molar refractivity (Wildman–Crippen MR) is 93.7 cm³/mol. The van der Waals surface area contributed by atoms with Gasteiger partial charge in [0.2, 0.25) is 5.91 Å². The normalized spacial score (nSPS) is 24.4. The van der Waals surface area contributed by atoms with E-state index in [1.165, 1.54) is 30.7 Å². The molecule has 0 aromatic carbocycles. The van der Waals surface area contributed by atoms with Crippen molar-refractivity contribution in [1.29, 1.82) is 0 Å².